The average Bonchev–Trinajstić information content (AvgIpc) is 2.28. The van der Waals surface area contributed by atoms with Crippen LogP contribution in [0.15, 0.2) is 0 Å². The maximum atomic E-state index is 10.1. The SMILES string of the molecule is CCCCCCCCCC(O)CC(O)CC=O. The Morgan fingerprint density at radius 2 is 1.53 bits per heavy atom. The lowest BCUT2D eigenvalue weighted by molar-refractivity contribution is -0.109. The van der Waals surface area contributed by atoms with Gasteiger partial charge in [0.1, 0.15) is 6.29 Å². The van der Waals surface area contributed by atoms with Gasteiger partial charge < -0.3 is 15.0 Å². The maximum Gasteiger partial charge on any atom is 0.122 e. The summed E-state index contributed by atoms with van der Waals surface area (Å²) in [6.07, 6.45) is 9.38. The van der Waals surface area contributed by atoms with Gasteiger partial charge in [0.25, 0.3) is 0 Å². The van der Waals surface area contributed by atoms with Crippen molar-refractivity contribution in [3.63, 3.8) is 0 Å². The summed E-state index contributed by atoms with van der Waals surface area (Å²) in [6, 6.07) is 0. The molecule has 3 heteroatoms. The van der Waals surface area contributed by atoms with E-state index in [1.165, 1.54) is 32.1 Å². The molecule has 0 aliphatic carbocycles. The van der Waals surface area contributed by atoms with E-state index in [1.54, 1.807) is 0 Å². The van der Waals surface area contributed by atoms with Crippen LogP contribution in [0.2, 0.25) is 0 Å². The molecule has 0 saturated carbocycles. The Balaban J connectivity index is 3.26. The van der Waals surface area contributed by atoms with E-state index in [9.17, 15) is 15.0 Å². The molecule has 0 radical (unpaired) electrons. The Bertz CT molecular complexity index is 171. The van der Waals surface area contributed by atoms with Gasteiger partial charge in [0.2, 0.25) is 0 Å². The normalized spacial score (nSPS) is 14.5. The first-order valence-corrected chi connectivity index (χ1v) is 7.00. The van der Waals surface area contributed by atoms with Crippen molar-refractivity contribution in [1.29, 1.82) is 0 Å². The van der Waals surface area contributed by atoms with Gasteiger partial charge in [0.15, 0.2) is 0 Å². The molecule has 102 valence electrons. The third-order valence-electron chi connectivity index (χ3n) is 3.05. The van der Waals surface area contributed by atoms with Crippen LogP contribution in [-0.2, 0) is 4.79 Å². The first-order chi connectivity index (χ1) is 8.20. The summed E-state index contributed by atoms with van der Waals surface area (Å²) >= 11 is 0. The standard InChI is InChI=1S/C14H28O3/c1-2-3-4-5-6-7-8-9-13(16)12-14(17)10-11-15/h11,13-14,16-17H,2-10,12H2,1H3. The van der Waals surface area contributed by atoms with Crippen molar-refractivity contribution in [2.45, 2.75) is 83.3 Å². The minimum absolute atomic E-state index is 0.133. The number of aldehydes is 1. The van der Waals surface area contributed by atoms with Crippen molar-refractivity contribution in [2.75, 3.05) is 0 Å². The van der Waals surface area contributed by atoms with E-state index in [0.29, 0.717) is 12.7 Å². The number of unbranched alkanes of at least 4 members (excludes halogenated alkanes) is 6. The van der Waals surface area contributed by atoms with E-state index in [0.717, 1.165) is 19.3 Å². The summed E-state index contributed by atoms with van der Waals surface area (Å²) in [4.78, 5) is 10.1. The topological polar surface area (TPSA) is 57.5 Å². The van der Waals surface area contributed by atoms with Gasteiger partial charge >= 0.3 is 0 Å². The Labute approximate surface area is 105 Å². The van der Waals surface area contributed by atoms with Gasteiger partial charge in [-0.15, -0.1) is 0 Å². The number of hydrogen-bond donors (Lipinski definition) is 2. The van der Waals surface area contributed by atoms with Gasteiger partial charge in [-0.05, 0) is 12.8 Å². The lowest BCUT2D eigenvalue weighted by Crippen LogP contribution is -2.17. The zero-order valence-corrected chi connectivity index (χ0v) is 11.1. The van der Waals surface area contributed by atoms with Crippen LogP contribution in [0.3, 0.4) is 0 Å². The fourth-order valence-electron chi connectivity index (χ4n) is 1.98. The monoisotopic (exact) mass is 244 g/mol. The van der Waals surface area contributed by atoms with Gasteiger partial charge in [-0.25, -0.2) is 0 Å². The number of carbonyl (C=O) groups excluding carboxylic acids is 1. The fourth-order valence-corrected chi connectivity index (χ4v) is 1.98. The molecule has 0 saturated heterocycles. The Morgan fingerprint density at radius 3 is 2.12 bits per heavy atom. The van der Waals surface area contributed by atoms with Gasteiger partial charge in [-0.3, -0.25) is 0 Å². The molecule has 0 spiro atoms. The molecule has 0 aromatic heterocycles. The number of rotatable bonds is 12. The van der Waals surface area contributed by atoms with E-state index < -0.39 is 12.2 Å². The number of aliphatic hydroxyl groups is 2. The Kier molecular flexibility index (Phi) is 11.8. The summed E-state index contributed by atoms with van der Waals surface area (Å²) in [5.74, 6) is 0. The van der Waals surface area contributed by atoms with E-state index in [-0.39, 0.29) is 6.42 Å². The van der Waals surface area contributed by atoms with E-state index in [1.807, 2.05) is 0 Å². The van der Waals surface area contributed by atoms with Crippen LogP contribution in [0.4, 0.5) is 0 Å². The quantitative estimate of drug-likeness (QED) is 0.410. The zero-order chi connectivity index (χ0) is 12.9. The van der Waals surface area contributed by atoms with Crippen LogP contribution in [0.1, 0.15) is 71.1 Å². The van der Waals surface area contributed by atoms with Crippen molar-refractivity contribution >= 4 is 6.29 Å². The lowest BCUT2D eigenvalue weighted by atomic mass is 10.0. The molecule has 2 atom stereocenters. The first-order valence-electron chi connectivity index (χ1n) is 7.00. The average molecular weight is 244 g/mol. The summed E-state index contributed by atoms with van der Waals surface area (Å²) < 4.78 is 0. The van der Waals surface area contributed by atoms with Crippen LogP contribution < -0.4 is 0 Å². The van der Waals surface area contributed by atoms with Gasteiger partial charge in [0.05, 0.1) is 12.2 Å². The largest absolute Gasteiger partial charge is 0.393 e. The summed E-state index contributed by atoms with van der Waals surface area (Å²) in [7, 11) is 0. The molecule has 0 amide bonds. The highest BCUT2D eigenvalue weighted by Crippen LogP contribution is 2.12. The molecule has 0 heterocycles. The molecule has 2 unspecified atom stereocenters. The second-order valence-electron chi connectivity index (χ2n) is 4.86. The zero-order valence-electron chi connectivity index (χ0n) is 11.1. The van der Waals surface area contributed by atoms with Crippen LogP contribution in [0, 0.1) is 0 Å². The summed E-state index contributed by atoms with van der Waals surface area (Å²) in [5.41, 5.74) is 0. The predicted molar refractivity (Wildman–Crippen MR) is 69.9 cm³/mol. The van der Waals surface area contributed by atoms with E-state index >= 15 is 0 Å². The number of aliphatic hydroxyl groups excluding tert-OH is 2. The molecule has 17 heavy (non-hydrogen) atoms. The van der Waals surface area contributed by atoms with Crippen molar-refractivity contribution in [3.05, 3.63) is 0 Å². The second-order valence-corrected chi connectivity index (χ2v) is 4.86. The molecular weight excluding hydrogens is 216 g/mol. The van der Waals surface area contributed by atoms with Gasteiger partial charge in [-0.2, -0.15) is 0 Å². The molecule has 0 rings (SSSR count). The second kappa shape index (κ2) is 12.1. The van der Waals surface area contributed by atoms with Gasteiger partial charge in [-0.1, -0.05) is 51.9 Å². The van der Waals surface area contributed by atoms with Crippen molar-refractivity contribution < 1.29 is 15.0 Å². The van der Waals surface area contributed by atoms with Crippen molar-refractivity contribution in [2.24, 2.45) is 0 Å². The predicted octanol–water partition coefficient (Wildman–Crippen LogP) is 2.83. The molecule has 3 nitrogen and oxygen atoms in total. The molecule has 2 N–H and O–H groups in total. The van der Waals surface area contributed by atoms with E-state index in [2.05, 4.69) is 6.92 Å². The minimum atomic E-state index is -0.674. The first kappa shape index (κ1) is 16.6. The molecule has 0 fully saturated rings. The van der Waals surface area contributed by atoms with Crippen LogP contribution in [0.5, 0.6) is 0 Å². The summed E-state index contributed by atoms with van der Waals surface area (Å²) in [6.45, 7) is 2.21. The highest BCUT2D eigenvalue weighted by molar-refractivity contribution is 5.49. The van der Waals surface area contributed by atoms with Crippen LogP contribution in [-0.4, -0.2) is 28.7 Å². The highest BCUT2D eigenvalue weighted by atomic mass is 16.3. The molecule has 0 aliphatic rings. The molecule has 0 aliphatic heterocycles. The van der Waals surface area contributed by atoms with Crippen molar-refractivity contribution in [3.8, 4) is 0 Å². The third-order valence-corrected chi connectivity index (χ3v) is 3.05. The molecule has 0 bridgehead atoms. The van der Waals surface area contributed by atoms with E-state index in [4.69, 9.17) is 0 Å². The Hall–Kier alpha value is -0.410. The maximum absolute atomic E-state index is 10.1. The van der Waals surface area contributed by atoms with Crippen LogP contribution in [0.25, 0.3) is 0 Å². The minimum Gasteiger partial charge on any atom is -0.393 e. The molecule has 0 aromatic carbocycles. The smallest absolute Gasteiger partial charge is 0.122 e. The molecular formula is C14H28O3. The van der Waals surface area contributed by atoms with Crippen LogP contribution >= 0.6 is 0 Å². The number of hydrogen-bond acceptors (Lipinski definition) is 3. The van der Waals surface area contributed by atoms with Crippen molar-refractivity contribution in [1.82, 2.24) is 0 Å². The highest BCUT2D eigenvalue weighted by Gasteiger charge is 2.10. The lowest BCUT2D eigenvalue weighted by Gasteiger charge is -2.13. The number of carbonyl (C=O) groups is 1. The fraction of sp³-hybridized carbons (Fsp3) is 0.929. The van der Waals surface area contributed by atoms with Gasteiger partial charge in [0, 0.05) is 6.42 Å². The summed E-state index contributed by atoms with van der Waals surface area (Å²) in [5, 5.41) is 18.9. The molecule has 0 aromatic rings. The Morgan fingerprint density at radius 1 is 0.941 bits per heavy atom. The third kappa shape index (κ3) is 11.8.